The summed E-state index contributed by atoms with van der Waals surface area (Å²) in [5.41, 5.74) is -0.538. The van der Waals surface area contributed by atoms with Crippen LogP contribution in [-0.2, 0) is 14.2 Å². The lowest BCUT2D eigenvalue weighted by Crippen LogP contribution is -2.51. The van der Waals surface area contributed by atoms with Gasteiger partial charge in [0.2, 0.25) is 0 Å². The van der Waals surface area contributed by atoms with E-state index in [-0.39, 0.29) is 12.7 Å². The molecule has 2 saturated heterocycles. The zero-order chi connectivity index (χ0) is 9.64. The van der Waals surface area contributed by atoms with E-state index >= 15 is 0 Å². The Bertz CT molecular complexity index is 207. The first-order chi connectivity index (χ1) is 6.13. The van der Waals surface area contributed by atoms with Gasteiger partial charge in [-0.25, -0.2) is 0 Å². The molecule has 0 aromatic rings. The molecular formula is C8H14O5. The number of hydrogen-bond donors (Lipinski definition) is 2. The predicted octanol–water partition coefficient (Wildman–Crippen LogP) is -1.13. The maximum atomic E-state index is 9.60. The first kappa shape index (κ1) is 9.36. The van der Waals surface area contributed by atoms with Crippen molar-refractivity contribution in [1.82, 2.24) is 0 Å². The van der Waals surface area contributed by atoms with E-state index < -0.39 is 24.1 Å². The predicted molar refractivity (Wildman–Crippen MR) is 42.0 cm³/mol. The molecule has 0 bridgehead atoms. The largest absolute Gasteiger partial charge is 0.394 e. The van der Waals surface area contributed by atoms with E-state index in [9.17, 15) is 5.11 Å². The van der Waals surface area contributed by atoms with E-state index in [0.717, 1.165) is 0 Å². The highest BCUT2D eigenvalue weighted by molar-refractivity contribution is 5.11. The fourth-order valence-electron chi connectivity index (χ4n) is 1.85. The third-order valence-electron chi connectivity index (χ3n) is 2.81. The third-order valence-corrected chi connectivity index (χ3v) is 2.81. The van der Waals surface area contributed by atoms with Crippen molar-refractivity contribution >= 4 is 0 Å². The quantitative estimate of drug-likeness (QED) is 0.539. The lowest BCUT2D eigenvalue weighted by Gasteiger charge is -2.32. The van der Waals surface area contributed by atoms with Gasteiger partial charge in [0.25, 0.3) is 0 Å². The highest BCUT2D eigenvalue weighted by atomic mass is 16.7. The minimum absolute atomic E-state index is 0.125. The first-order valence-electron chi connectivity index (χ1n) is 4.28. The van der Waals surface area contributed by atoms with Crippen molar-refractivity contribution in [2.75, 3.05) is 13.7 Å². The average Bonchev–Trinajstić information content (AvgIpc) is 2.80. The van der Waals surface area contributed by atoms with E-state index in [1.54, 1.807) is 0 Å². The van der Waals surface area contributed by atoms with Crippen LogP contribution in [0.5, 0.6) is 0 Å². The minimum Gasteiger partial charge on any atom is -0.394 e. The second-order valence-corrected chi connectivity index (χ2v) is 3.62. The van der Waals surface area contributed by atoms with Crippen LogP contribution in [0.3, 0.4) is 0 Å². The summed E-state index contributed by atoms with van der Waals surface area (Å²) in [6.45, 7) is 1.69. The van der Waals surface area contributed by atoms with Gasteiger partial charge in [0.1, 0.15) is 23.9 Å². The topological polar surface area (TPSA) is 71.5 Å². The van der Waals surface area contributed by atoms with Crippen molar-refractivity contribution in [2.45, 2.75) is 37.1 Å². The van der Waals surface area contributed by atoms with Gasteiger partial charge in [-0.3, -0.25) is 0 Å². The molecule has 5 nitrogen and oxygen atoms in total. The molecule has 0 saturated carbocycles. The van der Waals surface area contributed by atoms with Gasteiger partial charge in [-0.1, -0.05) is 0 Å². The zero-order valence-corrected chi connectivity index (χ0v) is 7.64. The molecule has 0 aromatic carbocycles. The molecule has 0 radical (unpaired) electrons. The number of ether oxygens (including phenoxy) is 3. The van der Waals surface area contributed by atoms with Crippen LogP contribution in [0, 0.1) is 0 Å². The SMILES string of the molecule is COC1OC(CO)C2(C)OC2C1O. The Morgan fingerprint density at radius 2 is 2.23 bits per heavy atom. The second kappa shape index (κ2) is 2.90. The molecule has 2 heterocycles. The fraction of sp³-hybridized carbons (Fsp3) is 1.00. The summed E-state index contributed by atoms with van der Waals surface area (Å²) >= 11 is 0. The van der Waals surface area contributed by atoms with Gasteiger partial charge in [-0.05, 0) is 6.92 Å². The van der Waals surface area contributed by atoms with Gasteiger partial charge in [0, 0.05) is 7.11 Å². The average molecular weight is 190 g/mol. The van der Waals surface area contributed by atoms with Crippen LogP contribution in [0.4, 0.5) is 0 Å². The van der Waals surface area contributed by atoms with E-state index in [1.165, 1.54) is 7.11 Å². The summed E-state index contributed by atoms with van der Waals surface area (Å²) in [6.07, 6.45) is -2.15. The van der Waals surface area contributed by atoms with Crippen LogP contribution < -0.4 is 0 Å². The molecule has 2 fully saturated rings. The third kappa shape index (κ3) is 1.19. The van der Waals surface area contributed by atoms with Crippen molar-refractivity contribution in [2.24, 2.45) is 0 Å². The number of fused-ring (bicyclic) bond motifs is 1. The molecule has 2 aliphatic rings. The van der Waals surface area contributed by atoms with Crippen molar-refractivity contribution < 1.29 is 24.4 Å². The van der Waals surface area contributed by atoms with Crippen LogP contribution in [0.2, 0.25) is 0 Å². The van der Waals surface area contributed by atoms with Crippen LogP contribution in [0.25, 0.3) is 0 Å². The maximum absolute atomic E-state index is 9.60. The Labute approximate surface area is 76.2 Å². The molecule has 2 N–H and O–H groups in total. The number of methoxy groups -OCH3 is 1. The van der Waals surface area contributed by atoms with Gasteiger partial charge >= 0.3 is 0 Å². The standard InChI is InChI=1S/C8H14O5/c1-8-4(3-9)12-7(11-2)5(10)6(8)13-8/h4-7,9-10H,3H2,1-2H3. The summed E-state index contributed by atoms with van der Waals surface area (Å²) in [5.74, 6) is 0. The molecule has 5 unspecified atom stereocenters. The smallest absolute Gasteiger partial charge is 0.186 e. The monoisotopic (exact) mass is 190 g/mol. The molecule has 13 heavy (non-hydrogen) atoms. The van der Waals surface area contributed by atoms with E-state index in [2.05, 4.69) is 0 Å². The zero-order valence-electron chi connectivity index (χ0n) is 7.64. The minimum atomic E-state index is -0.766. The molecule has 76 valence electrons. The van der Waals surface area contributed by atoms with Gasteiger partial charge in [0.15, 0.2) is 6.29 Å². The van der Waals surface area contributed by atoms with Gasteiger partial charge in [-0.2, -0.15) is 0 Å². The van der Waals surface area contributed by atoms with E-state index in [0.29, 0.717) is 0 Å². The lowest BCUT2D eigenvalue weighted by atomic mass is 9.94. The molecule has 0 amide bonds. The molecule has 0 aliphatic carbocycles. The van der Waals surface area contributed by atoms with Gasteiger partial charge in [0.05, 0.1) is 6.61 Å². The van der Waals surface area contributed by atoms with Crippen LogP contribution in [-0.4, -0.2) is 54.1 Å². The highest BCUT2D eigenvalue weighted by Crippen LogP contribution is 2.47. The fourth-order valence-corrected chi connectivity index (χ4v) is 1.85. The number of hydrogen-bond acceptors (Lipinski definition) is 5. The van der Waals surface area contributed by atoms with Gasteiger partial charge in [-0.15, -0.1) is 0 Å². The van der Waals surface area contributed by atoms with Crippen LogP contribution >= 0.6 is 0 Å². The van der Waals surface area contributed by atoms with E-state index in [4.69, 9.17) is 19.3 Å². The lowest BCUT2D eigenvalue weighted by molar-refractivity contribution is -0.232. The Kier molecular flexibility index (Phi) is 2.08. The van der Waals surface area contributed by atoms with Crippen LogP contribution in [0.1, 0.15) is 6.92 Å². The molecule has 2 aliphatic heterocycles. The number of epoxide rings is 1. The Hall–Kier alpha value is -0.200. The molecule has 5 heteroatoms. The normalized spacial score (nSPS) is 54.5. The van der Waals surface area contributed by atoms with Crippen LogP contribution in [0.15, 0.2) is 0 Å². The molecular weight excluding hydrogens is 176 g/mol. The summed E-state index contributed by atoms with van der Waals surface area (Å²) < 4.78 is 15.5. The Balaban J connectivity index is 2.10. The summed E-state index contributed by atoms with van der Waals surface area (Å²) in [4.78, 5) is 0. The molecule has 2 rings (SSSR count). The van der Waals surface area contributed by atoms with Crippen molar-refractivity contribution in [3.8, 4) is 0 Å². The Morgan fingerprint density at radius 3 is 2.77 bits per heavy atom. The molecule has 0 spiro atoms. The van der Waals surface area contributed by atoms with Crippen molar-refractivity contribution in [1.29, 1.82) is 0 Å². The molecule has 0 aromatic heterocycles. The summed E-state index contributed by atoms with van der Waals surface area (Å²) in [5, 5.41) is 18.6. The highest BCUT2D eigenvalue weighted by Gasteiger charge is 2.66. The van der Waals surface area contributed by atoms with Crippen molar-refractivity contribution in [3.05, 3.63) is 0 Å². The Morgan fingerprint density at radius 1 is 1.54 bits per heavy atom. The number of aliphatic hydroxyl groups excluding tert-OH is 2. The summed E-state index contributed by atoms with van der Waals surface area (Å²) in [7, 11) is 1.45. The number of rotatable bonds is 2. The first-order valence-corrected chi connectivity index (χ1v) is 4.28. The van der Waals surface area contributed by atoms with Crippen molar-refractivity contribution in [3.63, 3.8) is 0 Å². The maximum Gasteiger partial charge on any atom is 0.186 e. The summed E-state index contributed by atoms with van der Waals surface area (Å²) in [6, 6.07) is 0. The molecule has 5 atom stereocenters. The number of aliphatic hydroxyl groups is 2. The van der Waals surface area contributed by atoms with E-state index in [1.807, 2.05) is 6.92 Å². The second-order valence-electron chi connectivity index (χ2n) is 3.62. The van der Waals surface area contributed by atoms with Gasteiger partial charge < -0.3 is 24.4 Å².